The maximum atomic E-state index is 12.1. The molecule has 6 nitrogen and oxygen atoms in total. The lowest BCUT2D eigenvalue weighted by molar-refractivity contribution is -0.118. The number of nitrogens with one attached hydrogen (secondary N) is 2. The summed E-state index contributed by atoms with van der Waals surface area (Å²) in [4.78, 5) is 12.1. The van der Waals surface area contributed by atoms with E-state index >= 15 is 0 Å². The number of carbonyl (C=O) groups is 1. The Morgan fingerprint density at radius 3 is 2.38 bits per heavy atom. The minimum Gasteiger partial charge on any atom is -0.483 e. The van der Waals surface area contributed by atoms with Crippen molar-refractivity contribution in [3.8, 4) is 5.75 Å². The number of benzene rings is 2. The van der Waals surface area contributed by atoms with E-state index < -0.39 is 10.0 Å². The lowest BCUT2D eigenvalue weighted by atomic mass is 10.2. The Balaban J connectivity index is 1.95. The number of ether oxygens (including phenoxy) is 1. The molecule has 2 aromatic carbocycles. The van der Waals surface area contributed by atoms with E-state index in [4.69, 9.17) is 16.3 Å². The molecular formula is C18H21ClN2O4S. The third-order valence-corrected chi connectivity index (χ3v) is 5.24. The Kier molecular flexibility index (Phi) is 6.63. The van der Waals surface area contributed by atoms with Gasteiger partial charge in [-0.25, -0.2) is 13.1 Å². The van der Waals surface area contributed by atoms with Crippen molar-refractivity contribution in [1.29, 1.82) is 0 Å². The Hall–Kier alpha value is -2.09. The van der Waals surface area contributed by atoms with Gasteiger partial charge in [-0.2, -0.15) is 0 Å². The van der Waals surface area contributed by atoms with Gasteiger partial charge in [-0.3, -0.25) is 4.79 Å². The number of sulfonamides is 1. The maximum absolute atomic E-state index is 12.1. The fourth-order valence-corrected chi connectivity index (χ4v) is 3.69. The molecule has 0 bridgehead atoms. The first-order valence-electron chi connectivity index (χ1n) is 7.98. The van der Waals surface area contributed by atoms with Gasteiger partial charge in [0.2, 0.25) is 10.0 Å². The summed E-state index contributed by atoms with van der Waals surface area (Å²) in [5.74, 6) is 0.223. The largest absolute Gasteiger partial charge is 0.483 e. The fourth-order valence-electron chi connectivity index (χ4n) is 2.21. The van der Waals surface area contributed by atoms with E-state index in [2.05, 4.69) is 10.0 Å². The summed E-state index contributed by atoms with van der Waals surface area (Å²) in [6.07, 6.45) is 0. The molecule has 0 aliphatic carbocycles. The van der Waals surface area contributed by atoms with Crippen molar-refractivity contribution in [2.75, 3.05) is 11.9 Å². The number of carbonyl (C=O) groups excluding carboxylic acids is 1. The van der Waals surface area contributed by atoms with Crippen molar-refractivity contribution in [2.24, 2.45) is 0 Å². The number of aryl methyl sites for hydroxylation is 1. The number of halogens is 1. The fraction of sp³-hybridized carbons (Fsp3) is 0.278. The molecule has 0 atom stereocenters. The maximum Gasteiger partial charge on any atom is 0.262 e. The molecule has 0 saturated heterocycles. The van der Waals surface area contributed by atoms with Crippen LogP contribution in [0.15, 0.2) is 47.4 Å². The third-order valence-electron chi connectivity index (χ3n) is 3.33. The minimum atomic E-state index is -3.56. The molecule has 0 aromatic heterocycles. The molecule has 0 aliphatic heterocycles. The molecule has 2 rings (SSSR count). The average Bonchev–Trinajstić information content (AvgIpc) is 2.53. The summed E-state index contributed by atoms with van der Waals surface area (Å²) in [5.41, 5.74) is 1.31. The monoisotopic (exact) mass is 396 g/mol. The molecule has 0 unspecified atom stereocenters. The Morgan fingerprint density at radius 2 is 1.81 bits per heavy atom. The van der Waals surface area contributed by atoms with Gasteiger partial charge in [0.05, 0.1) is 4.90 Å². The normalized spacial score (nSPS) is 11.4. The van der Waals surface area contributed by atoms with E-state index in [9.17, 15) is 13.2 Å². The van der Waals surface area contributed by atoms with Gasteiger partial charge < -0.3 is 10.1 Å². The molecule has 2 N–H and O–H groups in total. The van der Waals surface area contributed by atoms with Crippen LogP contribution in [0.1, 0.15) is 19.4 Å². The first kappa shape index (κ1) is 20.2. The van der Waals surface area contributed by atoms with Gasteiger partial charge in [-0.15, -0.1) is 0 Å². The Bertz CT molecular complexity index is 881. The van der Waals surface area contributed by atoms with Gasteiger partial charge in [0.25, 0.3) is 5.91 Å². The average molecular weight is 397 g/mol. The predicted molar refractivity (Wildman–Crippen MR) is 102 cm³/mol. The van der Waals surface area contributed by atoms with Crippen LogP contribution >= 0.6 is 11.6 Å². The van der Waals surface area contributed by atoms with Crippen molar-refractivity contribution in [2.45, 2.75) is 31.7 Å². The summed E-state index contributed by atoms with van der Waals surface area (Å²) < 4.78 is 32.1. The number of hydrogen-bond acceptors (Lipinski definition) is 4. The van der Waals surface area contributed by atoms with E-state index in [0.29, 0.717) is 16.5 Å². The standard InChI is InChI=1S/C18H21ClN2O4S/c1-12(2)21-26(23,24)16-7-5-15(6-8-16)20-18(22)11-25-17-9-4-14(19)10-13(17)3/h4-10,12,21H,11H2,1-3H3,(H,20,22). The summed E-state index contributed by atoms with van der Waals surface area (Å²) in [6.45, 7) is 5.16. The molecule has 2 aromatic rings. The summed E-state index contributed by atoms with van der Waals surface area (Å²) >= 11 is 5.88. The summed E-state index contributed by atoms with van der Waals surface area (Å²) in [6, 6.07) is 10.9. The zero-order valence-corrected chi connectivity index (χ0v) is 16.3. The smallest absolute Gasteiger partial charge is 0.262 e. The molecule has 0 saturated carbocycles. The van der Waals surface area contributed by atoms with E-state index in [1.54, 1.807) is 32.0 Å². The summed E-state index contributed by atoms with van der Waals surface area (Å²) in [7, 11) is -3.56. The van der Waals surface area contributed by atoms with E-state index in [1.807, 2.05) is 6.92 Å². The van der Waals surface area contributed by atoms with Crippen molar-refractivity contribution in [3.05, 3.63) is 53.1 Å². The van der Waals surface area contributed by atoms with E-state index in [-0.39, 0.29) is 23.5 Å². The molecule has 0 aliphatic rings. The van der Waals surface area contributed by atoms with Crippen LogP contribution in [0.2, 0.25) is 5.02 Å². The second-order valence-corrected chi connectivity index (χ2v) is 8.20. The van der Waals surface area contributed by atoms with Crippen molar-refractivity contribution in [3.63, 3.8) is 0 Å². The topological polar surface area (TPSA) is 84.5 Å². The number of amides is 1. The van der Waals surface area contributed by atoms with Gasteiger partial charge in [-0.05, 0) is 68.8 Å². The molecule has 1 amide bonds. The second kappa shape index (κ2) is 8.53. The summed E-state index contributed by atoms with van der Waals surface area (Å²) in [5, 5.41) is 3.26. The molecule has 0 fully saturated rings. The van der Waals surface area contributed by atoms with Gasteiger partial charge in [0.1, 0.15) is 5.75 Å². The zero-order valence-electron chi connectivity index (χ0n) is 14.7. The minimum absolute atomic E-state index is 0.136. The van der Waals surface area contributed by atoms with Crippen LogP contribution < -0.4 is 14.8 Å². The van der Waals surface area contributed by atoms with Crippen LogP contribution in [0, 0.1) is 6.92 Å². The molecule has 26 heavy (non-hydrogen) atoms. The highest BCUT2D eigenvalue weighted by Gasteiger charge is 2.15. The molecule has 140 valence electrons. The molecular weight excluding hydrogens is 376 g/mol. The highest BCUT2D eigenvalue weighted by Crippen LogP contribution is 2.21. The Labute approximate surface area is 158 Å². The highest BCUT2D eigenvalue weighted by molar-refractivity contribution is 7.89. The van der Waals surface area contributed by atoms with Crippen LogP contribution in [0.25, 0.3) is 0 Å². The van der Waals surface area contributed by atoms with Crippen molar-refractivity contribution < 1.29 is 17.9 Å². The predicted octanol–water partition coefficient (Wildman–Crippen LogP) is 3.35. The van der Waals surface area contributed by atoms with Crippen LogP contribution in [0.4, 0.5) is 5.69 Å². The molecule has 8 heteroatoms. The van der Waals surface area contributed by atoms with E-state index in [1.165, 1.54) is 24.3 Å². The highest BCUT2D eigenvalue weighted by atomic mass is 35.5. The van der Waals surface area contributed by atoms with Crippen molar-refractivity contribution in [1.82, 2.24) is 4.72 Å². The van der Waals surface area contributed by atoms with Crippen LogP contribution in [-0.2, 0) is 14.8 Å². The van der Waals surface area contributed by atoms with Crippen LogP contribution in [0.5, 0.6) is 5.75 Å². The molecule has 0 spiro atoms. The number of hydrogen-bond donors (Lipinski definition) is 2. The van der Waals surface area contributed by atoms with Gasteiger partial charge in [0, 0.05) is 16.8 Å². The molecule has 0 heterocycles. The van der Waals surface area contributed by atoms with Crippen LogP contribution in [0.3, 0.4) is 0 Å². The van der Waals surface area contributed by atoms with Gasteiger partial charge in [-0.1, -0.05) is 11.6 Å². The lowest BCUT2D eigenvalue weighted by Gasteiger charge is -2.11. The SMILES string of the molecule is Cc1cc(Cl)ccc1OCC(=O)Nc1ccc(S(=O)(=O)NC(C)C)cc1. The molecule has 0 radical (unpaired) electrons. The Morgan fingerprint density at radius 1 is 1.15 bits per heavy atom. The second-order valence-electron chi connectivity index (χ2n) is 6.05. The third kappa shape index (κ3) is 5.72. The van der Waals surface area contributed by atoms with E-state index in [0.717, 1.165) is 5.56 Å². The number of anilines is 1. The van der Waals surface area contributed by atoms with Gasteiger partial charge >= 0.3 is 0 Å². The quantitative estimate of drug-likeness (QED) is 0.751. The first-order chi connectivity index (χ1) is 12.2. The van der Waals surface area contributed by atoms with Crippen molar-refractivity contribution >= 4 is 33.2 Å². The zero-order chi connectivity index (χ0) is 19.3. The number of rotatable bonds is 7. The first-order valence-corrected chi connectivity index (χ1v) is 9.84. The van der Waals surface area contributed by atoms with Gasteiger partial charge in [0.15, 0.2) is 6.61 Å². The van der Waals surface area contributed by atoms with Crippen LogP contribution in [-0.4, -0.2) is 27.0 Å². The lowest BCUT2D eigenvalue weighted by Crippen LogP contribution is -2.30.